The van der Waals surface area contributed by atoms with Gasteiger partial charge in [0.1, 0.15) is 23.1 Å². The summed E-state index contributed by atoms with van der Waals surface area (Å²) in [6.45, 7) is 0. The van der Waals surface area contributed by atoms with Gasteiger partial charge >= 0.3 is 6.03 Å². The van der Waals surface area contributed by atoms with E-state index >= 15 is 0 Å². The van der Waals surface area contributed by atoms with E-state index in [1.807, 2.05) is 6.07 Å². The summed E-state index contributed by atoms with van der Waals surface area (Å²) in [7, 11) is 0. The van der Waals surface area contributed by atoms with Crippen LogP contribution in [0.25, 0.3) is 0 Å². The van der Waals surface area contributed by atoms with Crippen molar-refractivity contribution in [2.75, 3.05) is 10.6 Å². The fourth-order valence-corrected chi connectivity index (χ4v) is 4.43. The van der Waals surface area contributed by atoms with Crippen LogP contribution in [0.1, 0.15) is 29.9 Å². The molecule has 3 heterocycles. The number of hydrogen-bond acceptors (Lipinski definition) is 6. The number of hydrogen-bond donors (Lipinski definition) is 4. The molecule has 3 aromatic rings. The molecule has 0 saturated heterocycles. The second kappa shape index (κ2) is 7.91. The molecule has 11 heteroatoms. The Labute approximate surface area is 197 Å². The smallest absolute Gasteiger partial charge is 0.333 e. The van der Waals surface area contributed by atoms with Gasteiger partial charge in [0.2, 0.25) is 5.91 Å². The third kappa shape index (κ3) is 3.79. The molecule has 6 rings (SSSR count). The van der Waals surface area contributed by atoms with Gasteiger partial charge in [-0.3, -0.25) is 10.2 Å². The van der Waals surface area contributed by atoms with E-state index in [4.69, 9.17) is 9.47 Å². The predicted molar refractivity (Wildman–Crippen MR) is 120 cm³/mol. The van der Waals surface area contributed by atoms with Crippen molar-refractivity contribution in [1.29, 1.82) is 0 Å². The van der Waals surface area contributed by atoms with Crippen LogP contribution in [0.4, 0.5) is 25.1 Å². The van der Waals surface area contributed by atoms with E-state index in [0.29, 0.717) is 42.3 Å². The molecule has 35 heavy (non-hydrogen) atoms. The number of carbonyl (C=O) groups excluding carboxylic acids is 2. The first-order valence-electron chi connectivity index (χ1n) is 11.0. The predicted octanol–water partition coefficient (Wildman–Crippen LogP) is 3.94. The summed E-state index contributed by atoms with van der Waals surface area (Å²) in [6.07, 6.45) is 3.10. The third-order valence-electron chi connectivity index (χ3n) is 6.25. The van der Waals surface area contributed by atoms with E-state index in [0.717, 1.165) is 17.2 Å². The number of aromatic nitrogens is 1. The summed E-state index contributed by atoms with van der Waals surface area (Å²) < 4.78 is 39.2. The summed E-state index contributed by atoms with van der Waals surface area (Å²) in [5.41, 5.74) is 5.97. The van der Waals surface area contributed by atoms with Crippen LogP contribution in [0, 0.1) is 11.6 Å². The first-order chi connectivity index (χ1) is 16.9. The van der Waals surface area contributed by atoms with Crippen molar-refractivity contribution in [3.05, 3.63) is 71.4 Å². The first-order valence-corrected chi connectivity index (χ1v) is 11.0. The molecule has 2 unspecified atom stereocenters. The maximum atomic E-state index is 13.8. The molecule has 0 bridgehead atoms. The molecule has 178 valence electrons. The molecule has 2 atom stereocenters. The number of anilines is 2. The number of hydrazine groups is 1. The summed E-state index contributed by atoms with van der Waals surface area (Å²) in [6, 6.07) is 9.97. The minimum absolute atomic E-state index is 0.0297. The fourth-order valence-electron chi connectivity index (χ4n) is 4.43. The maximum absolute atomic E-state index is 13.8. The molecular formula is C24H19F2N5O4. The second-order valence-corrected chi connectivity index (χ2v) is 8.54. The number of urea groups is 1. The van der Waals surface area contributed by atoms with Crippen LogP contribution in [-0.4, -0.2) is 22.6 Å². The standard InChI is InChI=1S/C24H19F2N5O4/c25-16-2-1-3-17(21(16)26)28-23(33)30-31-24-11-15(24)14-10-12(4-6-19(14)35-24)34-18-8-9-27-22-13(18)5-7-20(32)29-22/h1-4,6,8-10,15,31H,5,7,11H2,(H,27,29,32)(H2,28,30,33). The lowest BCUT2D eigenvalue weighted by molar-refractivity contribution is -0.116. The minimum atomic E-state index is -1.14. The zero-order chi connectivity index (χ0) is 24.2. The number of nitrogens with one attached hydrogen (secondary N) is 4. The SMILES string of the molecule is O=C1CCc2c(Oc3ccc4c(c3)C3CC3(NNC(=O)Nc3cccc(F)c3F)O4)ccnc2N1. The van der Waals surface area contributed by atoms with Crippen LogP contribution in [0.2, 0.25) is 0 Å². The lowest BCUT2D eigenvalue weighted by atomic mass is 10.1. The maximum Gasteiger partial charge on any atom is 0.333 e. The van der Waals surface area contributed by atoms with Crippen LogP contribution in [0.5, 0.6) is 17.2 Å². The van der Waals surface area contributed by atoms with Crippen molar-refractivity contribution in [2.24, 2.45) is 0 Å². The average molecular weight is 479 g/mol. The molecule has 1 aromatic heterocycles. The van der Waals surface area contributed by atoms with Gasteiger partial charge in [0.25, 0.3) is 0 Å². The molecule has 1 saturated carbocycles. The Morgan fingerprint density at radius 1 is 1.20 bits per heavy atom. The summed E-state index contributed by atoms with van der Waals surface area (Å²) in [5.74, 6) is 0.0983. The lowest BCUT2D eigenvalue weighted by Gasteiger charge is -2.19. The minimum Gasteiger partial charge on any atom is -0.470 e. The van der Waals surface area contributed by atoms with E-state index in [-0.39, 0.29) is 17.5 Å². The van der Waals surface area contributed by atoms with Crippen molar-refractivity contribution in [3.8, 4) is 17.2 Å². The molecule has 0 radical (unpaired) electrons. The lowest BCUT2D eigenvalue weighted by Crippen LogP contribution is -2.50. The van der Waals surface area contributed by atoms with Gasteiger partial charge in [-0.2, -0.15) is 5.43 Å². The molecule has 9 nitrogen and oxygen atoms in total. The summed E-state index contributed by atoms with van der Waals surface area (Å²) in [5, 5.41) is 5.01. The summed E-state index contributed by atoms with van der Waals surface area (Å²) >= 11 is 0. The first kappa shape index (κ1) is 21.3. The molecular weight excluding hydrogens is 460 g/mol. The fraction of sp³-hybridized carbons (Fsp3) is 0.208. The zero-order valence-corrected chi connectivity index (χ0v) is 18.2. The Bertz CT molecular complexity index is 1380. The van der Waals surface area contributed by atoms with E-state index in [2.05, 4.69) is 26.5 Å². The number of amides is 3. The highest BCUT2D eigenvalue weighted by Gasteiger charge is 2.63. The number of halogens is 2. The van der Waals surface area contributed by atoms with Gasteiger partial charge < -0.3 is 20.1 Å². The monoisotopic (exact) mass is 479 g/mol. The molecule has 2 aromatic carbocycles. The van der Waals surface area contributed by atoms with Crippen LogP contribution >= 0.6 is 0 Å². The van der Waals surface area contributed by atoms with Gasteiger partial charge in [0.15, 0.2) is 17.4 Å². The van der Waals surface area contributed by atoms with Gasteiger partial charge in [0.05, 0.1) is 5.69 Å². The van der Waals surface area contributed by atoms with Crippen molar-refractivity contribution in [2.45, 2.75) is 30.9 Å². The van der Waals surface area contributed by atoms with Gasteiger partial charge in [-0.25, -0.2) is 18.6 Å². The molecule has 1 aliphatic carbocycles. The number of rotatable bonds is 5. The van der Waals surface area contributed by atoms with Crippen LogP contribution < -0.4 is 31.0 Å². The van der Waals surface area contributed by atoms with E-state index in [1.165, 1.54) is 12.1 Å². The van der Waals surface area contributed by atoms with Gasteiger partial charge in [-0.15, -0.1) is 0 Å². The number of fused-ring (bicyclic) bond motifs is 4. The number of carbonyl (C=O) groups is 2. The number of pyridine rings is 1. The highest BCUT2D eigenvalue weighted by molar-refractivity contribution is 5.93. The van der Waals surface area contributed by atoms with Gasteiger partial charge in [0, 0.05) is 36.1 Å². The highest BCUT2D eigenvalue weighted by Crippen LogP contribution is 2.60. The average Bonchev–Trinajstić information content (AvgIpc) is 3.47. The van der Waals surface area contributed by atoms with E-state index in [1.54, 1.807) is 24.4 Å². The largest absolute Gasteiger partial charge is 0.470 e. The molecule has 4 N–H and O–H groups in total. The van der Waals surface area contributed by atoms with Crippen molar-refractivity contribution in [1.82, 2.24) is 15.8 Å². The third-order valence-corrected chi connectivity index (χ3v) is 6.25. The number of benzene rings is 2. The Morgan fingerprint density at radius 3 is 2.97 bits per heavy atom. The molecule has 3 amide bonds. The zero-order valence-electron chi connectivity index (χ0n) is 18.2. The van der Waals surface area contributed by atoms with Crippen molar-refractivity contribution < 1.29 is 27.8 Å². The Balaban J connectivity index is 1.12. The van der Waals surface area contributed by atoms with E-state index < -0.39 is 23.4 Å². The van der Waals surface area contributed by atoms with E-state index in [9.17, 15) is 18.4 Å². The van der Waals surface area contributed by atoms with Crippen LogP contribution in [-0.2, 0) is 11.2 Å². The molecule has 1 fully saturated rings. The van der Waals surface area contributed by atoms with Gasteiger partial charge in [-0.05, 0) is 42.8 Å². The Hall–Kier alpha value is -4.25. The topological polar surface area (TPSA) is 114 Å². The van der Waals surface area contributed by atoms with Crippen LogP contribution in [0.3, 0.4) is 0 Å². The quantitative estimate of drug-likeness (QED) is 0.413. The number of nitrogens with zero attached hydrogens (tertiary/aromatic N) is 1. The normalized spacial score (nSPS) is 21.1. The molecule has 0 spiro atoms. The summed E-state index contributed by atoms with van der Waals surface area (Å²) in [4.78, 5) is 28.0. The number of ether oxygens (including phenoxy) is 2. The van der Waals surface area contributed by atoms with Gasteiger partial charge in [-0.1, -0.05) is 6.07 Å². The second-order valence-electron chi connectivity index (χ2n) is 8.54. The van der Waals surface area contributed by atoms with Crippen molar-refractivity contribution in [3.63, 3.8) is 0 Å². The molecule has 2 aliphatic heterocycles. The Kier molecular flexibility index (Phi) is 4.81. The van der Waals surface area contributed by atoms with Crippen molar-refractivity contribution >= 4 is 23.4 Å². The molecule has 3 aliphatic rings. The van der Waals surface area contributed by atoms with Crippen LogP contribution in [0.15, 0.2) is 48.7 Å². The Morgan fingerprint density at radius 2 is 2.09 bits per heavy atom. The highest BCUT2D eigenvalue weighted by atomic mass is 19.2.